The van der Waals surface area contributed by atoms with E-state index in [-0.39, 0.29) is 24.4 Å². The summed E-state index contributed by atoms with van der Waals surface area (Å²) in [6.07, 6.45) is 3.56. The van der Waals surface area contributed by atoms with Gasteiger partial charge in [-0.15, -0.1) is 0 Å². The molecule has 1 saturated heterocycles. The van der Waals surface area contributed by atoms with E-state index in [4.69, 9.17) is 5.26 Å². The number of likely N-dealkylation sites (tertiary alicyclic amines) is 1. The van der Waals surface area contributed by atoms with E-state index in [2.05, 4.69) is 6.07 Å². The Labute approximate surface area is 114 Å². The summed E-state index contributed by atoms with van der Waals surface area (Å²) in [7, 11) is 1.67. The first kappa shape index (κ1) is 13.9. The first-order chi connectivity index (χ1) is 9.01. The summed E-state index contributed by atoms with van der Waals surface area (Å²) in [5.74, 6) is 0.823. The van der Waals surface area contributed by atoms with Gasteiger partial charge in [0.1, 0.15) is 6.04 Å². The smallest absolute Gasteiger partial charge is 0.243 e. The van der Waals surface area contributed by atoms with E-state index in [1.54, 1.807) is 11.9 Å². The summed E-state index contributed by atoms with van der Waals surface area (Å²) < 4.78 is 0. The van der Waals surface area contributed by atoms with E-state index in [1.807, 2.05) is 6.92 Å². The van der Waals surface area contributed by atoms with Gasteiger partial charge in [-0.05, 0) is 31.1 Å². The normalized spacial score (nSPS) is 26.1. The van der Waals surface area contributed by atoms with E-state index < -0.39 is 0 Å². The fourth-order valence-corrected chi connectivity index (χ4v) is 2.55. The van der Waals surface area contributed by atoms with Gasteiger partial charge in [0, 0.05) is 20.0 Å². The molecule has 0 radical (unpaired) electrons. The maximum absolute atomic E-state index is 12.2. The molecule has 0 aromatic heterocycles. The lowest BCUT2D eigenvalue weighted by Gasteiger charge is -2.23. The molecule has 0 aromatic rings. The van der Waals surface area contributed by atoms with Gasteiger partial charge in [-0.2, -0.15) is 5.26 Å². The van der Waals surface area contributed by atoms with Crippen LogP contribution >= 0.6 is 0 Å². The van der Waals surface area contributed by atoms with Gasteiger partial charge in [0.05, 0.1) is 12.6 Å². The van der Waals surface area contributed by atoms with Gasteiger partial charge in [-0.1, -0.05) is 6.92 Å². The molecule has 19 heavy (non-hydrogen) atoms. The van der Waals surface area contributed by atoms with Crippen molar-refractivity contribution in [1.29, 1.82) is 5.26 Å². The number of amides is 2. The summed E-state index contributed by atoms with van der Waals surface area (Å²) >= 11 is 0. The number of nitrogens with zero attached hydrogens (tertiary/aromatic N) is 3. The van der Waals surface area contributed by atoms with Crippen LogP contribution in [0.15, 0.2) is 0 Å². The van der Waals surface area contributed by atoms with Crippen molar-refractivity contribution < 1.29 is 9.59 Å². The number of hydrogen-bond donors (Lipinski definition) is 0. The Balaban J connectivity index is 1.85. The number of carbonyl (C=O) groups excluding carboxylic acids is 2. The van der Waals surface area contributed by atoms with Gasteiger partial charge in [0.25, 0.3) is 0 Å². The van der Waals surface area contributed by atoms with Crippen molar-refractivity contribution >= 4 is 11.8 Å². The molecule has 0 spiro atoms. The first-order valence-electron chi connectivity index (χ1n) is 6.94. The molecule has 5 heteroatoms. The van der Waals surface area contributed by atoms with Gasteiger partial charge in [-0.3, -0.25) is 9.59 Å². The van der Waals surface area contributed by atoms with Crippen LogP contribution in [0.5, 0.6) is 0 Å². The second-order valence-corrected chi connectivity index (χ2v) is 5.93. The summed E-state index contributed by atoms with van der Waals surface area (Å²) in [5, 5.41) is 9.05. The highest BCUT2D eigenvalue weighted by atomic mass is 16.2. The molecule has 5 nitrogen and oxygen atoms in total. The largest absolute Gasteiger partial charge is 0.336 e. The van der Waals surface area contributed by atoms with Crippen molar-refractivity contribution in [3.63, 3.8) is 0 Å². The lowest BCUT2D eigenvalue weighted by molar-refractivity contribution is -0.139. The minimum absolute atomic E-state index is 0.0385. The third-order valence-electron chi connectivity index (χ3n) is 3.94. The maximum Gasteiger partial charge on any atom is 0.243 e. The average Bonchev–Trinajstić information content (AvgIpc) is 3.09. The van der Waals surface area contributed by atoms with E-state index >= 15 is 0 Å². The molecule has 1 aliphatic heterocycles. The highest BCUT2D eigenvalue weighted by molar-refractivity contribution is 5.85. The fraction of sp³-hybridized carbons (Fsp3) is 0.786. The molecule has 104 valence electrons. The zero-order valence-electron chi connectivity index (χ0n) is 11.6. The third-order valence-corrected chi connectivity index (χ3v) is 3.94. The highest BCUT2D eigenvalue weighted by Crippen LogP contribution is 2.32. The van der Waals surface area contributed by atoms with Gasteiger partial charge in [0.2, 0.25) is 11.8 Å². The van der Waals surface area contributed by atoms with Gasteiger partial charge in [0.15, 0.2) is 0 Å². The maximum atomic E-state index is 12.2. The number of nitriles is 1. The Morgan fingerprint density at radius 2 is 2.11 bits per heavy atom. The van der Waals surface area contributed by atoms with E-state index in [9.17, 15) is 9.59 Å². The SMILES string of the molecule is CC1CC(C#N)N(C(=O)CN(C)C(=O)CC2CC2)C1. The van der Waals surface area contributed by atoms with Crippen LogP contribution in [-0.4, -0.2) is 47.8 Å². The molecule has 1 saturated carbocycles. The van der Waals surface area contributed by atoms with Crippen LogP contribution in [0, 0.1) is 23.2 Å². The van der Waals surface area contributed by atoms with Gasteiger partial charge >= 0.3 is 0 Å². The molecule has 1 heterocycles. The van der Waals surface area contributed by atoms with Crippen molar-refractivity contribution in [2.24, 2.45) is 11.8 Å². The van der Waals surface area contributed by atoms with Crippen LogP contribution in [0.4, 0.5) is 0 Å². The average molecular weight is 263 g/mol. The molecule has 2 fully saturated rings. The molecular weight excluding hydrogens is 242 g/mol. The zero-order valence-corrected chi connectivity index (χ0v) is 11.6. The Bertz CT molecular complexity index is 411. The second-order valence-electron chi connectivity index (χ2n) is 5.93. The molecule has 2 aliphatic rings. The lowest BCUT2D eigenvalue weighted by Crippen LogP contribution is -2.43. The monoisotopic (exact) mass is 263 g/mol. The summed E-state index contributed by atoms with van der Waals surface area (Å²) in [6, 6.07) is 1.85. The standard InChI is InChI=1S/C14H21N3O2/c1-10-5-12(7-15)17(8-10)14(19)9-16(2)13(18)6-11-3-4-11/h10-12H,3-6,8-9H2,1-2H3. The zero-order chi connectivity index (χ0) is 14.0. The lowest BCUT2D eigenvalue weighted by atomic mass is 10.1. The molecular formula is C14H21N3O2. The van der Waals surface area contributed by atoms with E-state index in [0.29, 0.717) is 24.8 Å². The quantitative estimate of drug-likeness (QED) is 0.760. The molecule has 2 amide bonds. The van der Waals surface area contributed by atoms with Crippen molar-refractivity contribution in [3.05, 3.63) is 0 Å². The van der Waals surface area contributed by atoms with Crippen LogP contribution in [-0.2, 0) is 9.59 Å². The Morgan fingerprint density at radius 3 is 2.68 bits per heavy atom. The molecule has 1 aliphatic carbocycles. The second kappa shape index (κ2) is 5.60. The van der Waals surface area contributed by atoms with Gasteiger partial charge in [-0.25, -0.2) is 0 Å². The minimum atomic E-state index is -0.325. The summed E-state index contributed by atoms with van der Waals surface area (Å²) in [4.78, 5) is 27.1. The Hall–Kier alpha value is -1.57. The number of hydrogen-bond acceptors (Lipinski definition) is 3. The summed E-state index contributed by atoms with van der Waals surface area (Å²) in [5.41, 5.74) is 0. The molecule has 2 atom stereocenters. The topological polar surface area (TPSA) is 64.4 Å². The highest BCUT2D eigenvalue weighted by Gasteiger charge is 2.34. The number of rotatable bonds is 4. The van der Waals surface area contributed by atoms with Crippen LogP contribution < -0.4 is 0 Å². The van der Waals surface area contributed by atoms with Crippen LogP contribution in [0.3, 0.4) is 0 Å². The van der Waals surface area contributed by atoms with Crippen molar-refractivity contribution in [2.75, 3.05) is 20.1 Å². The van der Waals surface area contributed by atoms with Crippen molar-refractivity contribution in [2.45, 2.75) is 38.6 Å². The van der Waals surface area contributed by atoms with Crippen molar-refractivity contribution in [1.82, 2.24) is 9.80 Å². The molecule has 0 N–H and O–H groups in total. The van der Waals surface area contributed by atoms with Crippen LogP contribution in [0.25, 0.3) is 0 Å². The summed E-state index contributed by atoms with van der Waals surface area (Å²) in [6.45, 7) is 2.76. The fourth-order valence-electron chi connectivity index (χ4n) is 2.55. The third kappa shape index (κ3) is 3.46. The molecule has 2 rings (SSSR count). The van der Waals surface area contributed by atoms with Crippen LogP contribution in [0.2, 0.25) is 0 Å². The predicted molar refractivity (Wildman–Crippen MR) is 69.9 cm³/mol. The van der Waals surface area contributed by atoms with Gasteiger partial charge < -0.3 is 9.80 Å². The Kier molecular flexibility index (Phi) is 4.08. The minimum Gasteiger partial charge on any atom is -0.336 e. The van der Waals surface area contributed by atoms with Crippen LogP contribution in [0.1, 0.15) is 32.6 Å². The number of likely N-dealkylation sites (N-methyl/N-ethyl adjacent to an activating group) is 1. The number of carbonyl (C=O) groups is 2. The molecule has 2 unspecified atom stereocenters. The molecule has 0 aromatic carbocycles. The first-order valence-corrected chi connectivity index (χ1v) is 6.94. The Morgan fingerprint density at radius 1 is 1.42 bits per heavy atom. The predicted octanol–water partition coefficient (Wildman–Crippen LogP) is 1.01. The van der Waals surface area contributed by atoms with E-state index in [1.165, 1.54) is 4.90 Å². The molecule has 0 bridgehead atoms. The van der Waals surface area contributed by atoms with E-state index in [0.717, 1.165) is 19.3 Å². The van der Waals surface area contributed by atoms with Crippen molar-refractivity contribution in [3.8, 4) is 6.07 Å².